The van der Waals surface area contributed by atoms with Crippen LogP contribution in [0.3, 0.4) is 0 Å². The van der Waals surface area contributed by atoms with E-state index in [1.165, 1.54) is 6.92 Å². The second-order valence-corrected chi connectivity index (χ2v) is 4.73. The number of carbonyl (C=O) groups excluding carboxylic acids is 2. The van der Waals surface area contributed by atoms with Crippen molar-refractivity contribution in [2.45, 2.75) is 13.3 Å². The summed E-state index contributed by atoms with van der Waals surface area (Å²) in [4.78, 5) is 24.9. The first-order valence-electron chi connectivity index (χ1n) is 5.64. The molecule has 90 valence electrons. The molecule has 1 saturated heterocycles. The summed E-state index contributed by atoms with van der Waals surface area (Å²) in [5.74, 6) is 1.16. The molecule has 1 unspecified atom stereocenters. The van der Waals surface area contributed by atoms with Gasteiger partial charge in [-0.1, -0.05) is 12.1 Å². The molecule has 0 bridgehead atoms. The molecule has 0 radical (unpaired) electrons. The van der Waals surface area contributed by atoms with Gasteiger partial charge < -0.3 is 4.90 Å². The predicted octanol–water partition coefficient (Wildman–Crippen LogP) is 2.17. The quantitative estimate of drug-likeness (QED) is 0.658. The third kappa shape index (κ3) is 2.52. The third-order valence-corrected chi connectivity index (χ3v) is 3.54. The summed E-state index contributed by atoms with van der Waals surface area (Å²) >= 11 is 4.23. The molecule has 1 fully saturated rings. The number of Topliss-reactive ketones (excluding diaryl/α,β-unsaturated/α-hetero) is 1. The van der Waals surface area contributed by atoms with Gasteiger partial charge in [0.25, 0.3) is 0 Å². The predicted molar refractivity (Wildman–Crippen MR) is 70.8 cm³/mol. The first-order valence-corrected chi connectivity index (χ1v) is 6.27. The molecule has 0 N–H and O–H groups in total. The number of ketones is 1. The number of anilines is 1. The van der Waals surface area contributed by atoms with Crippen molar-refractivity contribution in [2.24, 2.45) is 5.92 Å². The van der Waals surface area contributed by atoms with E-state index in [0.717, 1.165) is 5.69 Å². The molecule has 17 heavy (non-hydrogen) atoms. The number of hydrogen-bond acceptors (Lipinski definition) is 3. The SMILES string of the molecule is CC(=O)c1cccc(N2CC(CS)CC2=O)c1. The molecule has 1 atom stereocenters. The van der Waals surface area contributed by atoms with E-state index < -0.39 is 0 Å². The van der Waals surface area contributed by atoms with Crippen LogP contribution in [0.15, 0.2) is 24.3 Å². The second kappa shape index (κ2) is 4.92. The normalized spacial score (nSPS) is 19.8. The summed E-state index contributed by atoms with van der Waals surface area (Å²) in [5.41, 5.74) is 1.46. The Morgan fingerprint density at radius 2 is 2.29 bits per heavy atom. The molecule has 2 rings (SSSR count). The summed E-state index contributed by atoms with van der Waals surface area (Å²) in [7, 11) is 0. The molecular weight excluding hydrogens is 234 g/mol. The molecule has 0 spiro atoms. The van der Waals surface area contributed by atoms with E-state index in [1.807, 2.05) is 12.1 Å². The van der Waals surface area contributed by atoms with Crippen LogP contribution < -0.4 is 4.90 Å². The molecule has 3 nitrogen and oxygen atoms in total. The number of hydrogen-bond donors (Lipinski definition) is 1. The van der Waals surface area contributed by atoms with Crippen molar-refractivity contribution in [3.63, 3.8) is 0 Å². The van der Waals surface area contributed by atoms with Gasteiger partial charge in [0.05, 0.1) is 0 Å². The van der Waals surface area contributed by atoms with Crippen molar-refractivity contribution in [1.82, 2.24) is 0 Å². The highest BCUT2D eigenvalue weighted by Crippen LogP contribution is 2.26. The fourth-order valence-corrected chi connectivity index (χ4v) is 2.29. The summed E-state index contributed by atoms with van der Waals surface area (Å²) < 4.78 is 0. The maximum absolute atomic E-state index is 11.8. The van der Waals surface area contributed by atoms with Gasteiger partial charge in [0.1, 0.15) is 0 Å². The van der Waals surface area contributed by atoms with Gasteiger partial charge >= 0.3 is 0 Å². The van der Waals surface area contributed by atoms with Crippen LogP contribution in [-0.4, -0.2) is 24.0 Å². The Bertz CT molecular complexity index is 458. The zero-order valence-electron chi connectivity index (χ0n) is 9.72. The van der Waals surface area contributed by atoms with Gasteiger partial charge in [-0.25, -0.2) is 0 Å². The van der Waals surface area contributed by atoms with Crippen molar-refractivity contribution in [3.8, 4) is 0 Å². The highest BCUT2D eigenvalue weighted by molar-refractivity contribution is 7.80. The Labute approximate surface area is 106 Å². The van der Waals surface area contributed by atoms with Crippen LogP contribution >= 0.6 is 12.6 Å². The molecule has 0 saturated carbocycles. The Hall–Kier alpha value is -1.29. The summed E-state index contributed by atoms with van der Waals surface area (Å²) in [6.07, 6.45) is 0.549. The van der Waals surface area contributed by atoms with Crippen molar-refractivity contribution in [1.29, 1.82) is 0 Å². The molecule has 1 aliphatic heterocycles. The third-order valence-electron chi connectivity index (χ3n) is 3.03. The van der Waals surface area contributed by atoms with Gasteiger partial charge in [-0.2, -0.15) is 12.6 Å². The van der Waals surface area contributed by atoms with Crippen molar-refractivity contribution in [3.05, 3.63) is 29.8 Å². The van der Waals surface area contributed by atoms with E-state index in [-0.39, 0.29) is 11.7 Å². The van der Waals surface area contributed by atoms with Crippen molar-refractivity contribution in [2.75, 3.05) is 17.2 Å². The summed E-state index contributed by atoms with van der Waals surface area (Å²) in [5, 5.41) is 0. The Morgan fingerprint density at radius 1 is 1.53 bits per heavy atom. The molecule has 4 heteroatoms. The van der Waals surface area contributed by atoms with Crippen molar-refractivity contribution < 1.29 is 9.59 Å². The van der Waals surface area contributed by atoms with Crippen LogP contribution in [0.25, 0.3) is 0 Å². The van der Waals surface area contributed by atoms with E-state index >= 15 is 0 Å². The lowest BCUT2D eigenvalue weighted by Crippen LogP contribution is -2.24. The first-order chi connectivity index (χ1) is 8.11. The average molecular weight is 249 g/mol. The smallest absolute Gasteiger partial charge is 0.227 e. The van der Waals surface area contributed by atoms with E-state index in [0.29, 0.717) is 30.2 Å². The first kappa shape index (κ1) is 12.2. The molecule has 1 amide bonds. The van der Waals surface area contributed by atoms with Gasteiger partial charge in [0.15, 0.2) is 5.78 Å². The topological polar surface area (TPSA) is 37.4 Å². The van der Waals surface area contributed by atoms with E-state index in [4.69, 9.17) is 0 Å². The number of nitrogens with zero attached hydrogens (tertiary/aromatic N) is 1. The zero-order chi connectivity index (χ0) is 12.4. The molecule has 0 aromatic heterocycles. The lowest BCUT2D eigenvalue weighted by molar-refractivity contribution is -0.117. The summed E-state index contributed by atoms with van der Waals surface area (Å²) in [6.45, 7) is 2.23. The number of carbonyl (C=O) groups is 2. The Balaban J connectivity index is 2.25. The van der Waals surface area contributed by atoms with Gasteiger partial charge in [-0.15, -0.1) is 0 Å². The van der Waals surface area contributed by atoms with Crippen LogP contribution in [0.2, 0.25) is 0 Å². The number of amides is 1. The lowest BCUT2D eigenvalue weighted by Gasteiger charge is -2.17. The second-order valence-electron chi connectivity index (χ2n) is 4.36. The number of thiol groups is 1. The fourth-order valence-electron chi connectivity index (χ4n) is 2.05. The number of benzene rings is 1. The average Bonchev–Trinajstić information content (AvgIpc) is 2.71. The molecule has 1 aromatic carbocycles. The molecule has 1 heterocycles. The minimum atomic E-state index is 0.0178. The minimum Gasteiger partial charge on any atom is -0.312 e. The highest BCUT2D eigenvalue weighted by Gasteiger charge is 2.29. The minimum absolute atomic E-state index is 0.0178. The van der Waals surface area contributed by atoms with E-state index in [9.17, 15) is 9.59 Å². The Kier molecular flexibility index (Phi) is 3.52. The van der Waals surface area contributed by atoms with E-state index in [1.54, 1.807) is 17.0 Å². The standard InChI is InChI=1S/C13H15NO2S/c1-9(15)11-3-2-4-12(6-11)14-7-10(8-17)5-13(14)16/h2-4,6,10,17H,5,7-8H2,1H3. The Morgan fingerprint density at radius 3 is 2.88 bits per heavy atom. The van der Waals surface area contributed by atoms with Gasteiger partial charge in [-0.05, 0) is 30.7 Å². The van der Waals surface area contributed by atoms with Crippen LogP contribution in [0.5, 0.6) is 0 Å². The van der Waals surface area contributed by atoms with Gasteiger partial charge in [0.2, 0.25) is 5.91 Å². The van der Waals surface area contributed by atoms with Gasteiger partial charge in [-0.3, -0.25) is 9.59 Å². The van der Waals surface area contributed by atoms with Crippen LogP contribution in [-0.2, 0) is 4.79 Å². The van der Waals surface area contributed by atoms with Crippen LogP contribution in [0, 0.1) is 5.92 Å². The maximum Gasteiger partial charge on any atom is 0.227 e. The van der Waals surface area contributed by atoms with Crippen LogP contribution in [0.1, 0.15) is 23.7 Å². The van der Waals surface area contributed by atoms with E-state index in [2.05, 4.69) is 12.6 Å². The maximum atomic E-state index is 11.8. The van der Waals surface area contributed by atoms with Gasteiger partial charge in [0, 0.05) is 24.2 Å². The highest BCUT2D eigenvalue weighted by atomic mass is 32.1. The molecule has 0 aliphatic carbocycles. The number of rotatable bonds is 3. The molecule has 1 aromatic rings. The van der Waals surface area contributed by atoms with Crippen LogP contribution in [0.4, 0.5) is 5.69 Å². The molecule has 1 aliphatic rings. The largest absolute Gasteiger partial charge is 0.312 e. The lowest BCUT2D eigenvalue weighted by atomic mass is 10.1. The van der Waals surface area contributed by atoms with Crippen molar-refractivity contribution >= 4 is 30.0 Å². The monoisotopic (exact) mass is 249 g/mol. The fraction of sp³-hybridized carbons (Fsp3) is 0.385. The zero-order valence-corrected chi connectivity index (χ0v) is 10.6. The summed E-state index contributed by atoms with van der Waals surface area (Å²) in [6, 6.07) is 7.22. The molecular formula is C13H15NO2S.